The summed E-state index contributed by atoms with van der Waals surface area (Å²) in [6, 6.07) is 11.8. The summed E-state index contributed by atoms with van der Waals surface area (Å²) in [5, 5.41) is 9.97. The fourth-order valence-corrected chi connectivity index (χ4v) is 2.94. The van der Waals surface area contributed by atoms with Gasteiger partial charge in [0.05, 0.1) is 23.9 Å². The fourth-order valence-electron chi connectivity index (χ4n) is 2.94. The van der Waals surface area contributed by atoms with Gasteiger partial charge in [0.15, 0.2) is 5.78 Å². The normalized spacial score (nSPS) is 12.1. The summed E-state index contributed by atoms with van der Waals surface area (Å²) in [6.07, 6.45) is 0. The Kier molecular flexibility index (Phi) is 2.72. The molecule has 5 nitrogen and oxygen atoms in total. The minimum Gasteiger partial charge on any atom is -0.497 e. The molecule has 0 unspecified atom stereocenters. The summed E-state index contributed by atoms with van der Waals surface area (Å²) < 4.78 is 5.21. The third-order valence-electron chi connectivity index (χ3n) is 4.05. The van der Waals surface area contributed by atoms with Crippen LogP contribution in [0.3, 0.4) is 0 Å². The van der Waals surface area contributed by atoms with E-state index >= 15 is 0 Å². The summed E-state index contributed by atoms with van der Waals surface area (Å²) in [5.74, 6) is -0.524. The summed E-state index contributed by atoms with van der Waals surface area (Å²) in [7, 11) is 1.55. The van der Waals surface area contributed by atoms with Crippen molar-refractivity contribution in [3.05, 3.63) is 59.2 Å². The van der Waals surface area contributed by atoms with E-state index in [9.17, 15) is 14.7 Å². The summed E-state index contributed by atoms with van der Waals surface area (Å²) >= 11 is 0. The predicted octanol–water partition coefficient (Wildman–Crippen LogP) is 3.15. The number of ether oxygens (including phenoxy) is 1. The van der Waals surface area contributed by atoms with Gasteiger partial charge in [-0.3, -0.25) is 4.79 Å². The molecule has 0 fully saturated rings. The summed E-state index contributed by atoms with van der Waals surface area (Å²) in [5.41, 5.74) is 2.72. The lowest BCUT2D eigenvalue weighted by atomic mass is 10.1. The minimum atomic E-state index is -1.04. The maximum Gasteiger partial charge on any atom is 0.337 e. The third kappa shape index (κ3) is 1.83. The molecule has 4 rings (SSSR count). The number of hydrogen-bond donors (Lipinski definition) is 1. The lowest BCUT2D eigenvalue weighted by Crippen LogP contribution is -2.01. The Hall–Kier alpha value is -3.21. The van der Waals surface area contributed by atoms with Gasteiger partial charge in [0, 0.05) is 22.1 Å². The second-order valence-electron chi connectivity index (χ2n) is 5.31. The van der Waals surface area contributed by atoms with Crippen LogP contribution in [0.4, 0.5) is 0 Å². The maximum atomic E-state index is 12.6. The van der Waals surface area contributed by atoms with E-state index in [0.717, 1.165) is 0 Å². The van der Waals surface area contributed by atoms with Gasteiger partial charge in [0.2, 0.25) is 0 Å². The smallest absolute Gasteiger partial charge is 0.337 e. The Morgan fingerprint density at radius 3 is 2.65 bits per heavy atom. The number of rotatable bonds is 2. The molecule has 0 aliphatic heterocycles. The fraction of sp³-hybridized carbons (Fsp3) is 0.0556. The van der Waals surface area contributed by atoms with E-state index in [1.807, 2.05) is 0 Å². The Morgan fingerprint density at radius 2 is 1.91 bits per heavy atom. The highest BCUT2D eigenvalue weighted by atomic mass is 16.5. The number of methoxy groups -OCH3 is 1. The van der Waals surface area contributed by atoms with E-state index in [1.54, 1.807) is 43.5 Å². The molecule has 23 heavy (non-hydrogen) atoms. The molecule has 112 valence electrons. The topological polar surface area (TPSA) is 76.5 Å². The van der Waals surface area contributed by atoms with Crippen LogP contribution < -0.4 is 4.74 Å². The first-order chi connectivity index (χ1) is 11.1. The molecule has 0 amide bonds. The number of aromatic nitrogens is 1. The van der Waals surface area contributed by atoms with Gasteiger partial charge in [0.25, 0.3) is 0 Å². The van der Waals surface area contributed by atoms with Gasteiger partial charge in [0.1, 0.15) is 5.75 Å². The highest BCUT2D eigenvalue weighted by molar-refractivity contribution is 6.22. The molecule has 1 aliphatic carbocycles. The quantitative estimate of drug-likeness (QED) is 0.615. The minimum absolute atomic E-state index is 0.104. The van der Waals surface area contributed by atoms with Crippen LogP contribution in [0.5, 0.6) is 5.75 Å². The van der Waals surface area contributed by atoms with Crippen LogP contribution in [-0.2, 0) is 0 Å². The number of para-hydroxylation sites is 1. The number of nitrogens with zero attached hydrogens (tertiary/aromatic N) is 1. The highest BCUT2D eigenvalue weighted by Crippen LogP contribution is 2.39. The van der Waals surface area contributed by atoms with Gasteiger partial charge >= 0.3 is 5.97 Å². The first-order valence-electron chi connectivity index (χ1n) is 7.00. The van der Waals surface area contributed by atoms with Crippen LogP contribution in [0.25, 0.3) is 22.2 Å². The van der Waals surface area contributed by atoms with E-state index in [2.05, 4.69) is 4.98 Å². The van der Waals surface area contributed by atoms with Crippen molar-refractivity contribution in [2.75, 3.05) is 7.11 Å². The van der Waals surface area contributed by atoms with Crippen LogP contribution in [0.1, 0.15) is 26.3 Å². The second kappa shape index (κ2) is 4.64. The largest absolute Gasteiger partial charge is 0.497 e. The van der Waals surface area contributed by atoms with Crippen LogP contribution in [-0.4, -0.2) is 29.0 Å². The molecule has 0 atom stereocenters. The molecule has 2 aromatic carbocycles. The molecular weight excluding hydrogens is 294 g/mol. The van der Waals surface area contributed by atoms with Crippen LogP contribution >= 0.6 is 0 Å². The Morgan fingerprint density at radius 1 is 1.09 bits per heavy atom. The molecule has 1 aromatic heterocycles. The molecule has 0 bridgehead atoms. The number of benzene rings is 2. The summed E-state index contributed by atoms with van der Waals surface area (Å²) in [6.45, 7) is 0. The number of carbonyl (C=O) groups excluding carboxylic acids is 1. The molecule has 3 aromatic rings. The molecular formula is C18H11NO4. The number of pyridine rings is 1. The monoisotopic (exact) mass is 305 g/mol. The zero-order valence-electron chi connectivity index (χ0n) is 12.2. The van der Waals surface area contributed by atoms with E-state index in [0.29, 0.717) is 39.0 Å². The van der Waals surface area contributed by atoms with Crippen molar-refractivity contribution >= 4 is 22.7 Å². The maximum absolute atomic E-state index is 12.6. The highest BCUT2D eigenvalue weighted by Gasteiger charge is 2.29. The molecule has 1 N–H and O–H groups in total. The van der Waals surface area contributed by atoms with Crippen molar-refractivity contribution in [2.24, 2.45) is 0 Å². The van der Waals surface area contributed by atoms with Crippen molar-refractivity contribution < 1.29 is 19.4 Å². The number of carboxylic acid groups (broad SMARTS) is 1. The molecule has 1 aliphatic rings. The Bertz CT molecular complexity index is 1010. The molecule has 5 heteroatoms. The standard InChI is InChI=1S/C18H11NO4/c1-23-10-5-6-11-13(8-10)16-14(17(11)20)7-9-3-2-4-12(18(21)22)15(9)19-16/h2-8H,1H3,(H,21,22). The van der Waals surface area contributed by atoms with Gasteiger partial charge in [-0.1, -0.05) is 12.1 Å². The number of carboxylic acids is 1. The van der Waals surface area contributed by atoms with Crippen molar-refractivity contribution in [2.45, 2.75) is 0 Å². The average Bonchev–Trinajstić information content (AvgIpc) is 2.84. The number of ketones is 1. The lowest BCUT2D eigenvalue weighted by Gasteiger charge is -2.06. The molecule has 0 saturated heterocycles. The van der Waals surface area contributed by atoms with Gasteiger partial charge in [-0.2, -0.15) is 0 Å². The molecule has 0 saturated carbocycles. The van der Waals surface area contributed by atoms with E-state index < -0.39 is 5.97 Å². The SMILES string of the molecule is COc1ccc2c(c1)-c1nc3c(C(=O)O)cccc3cc1C2=O. The van der Waals surface area contributed by atoms with Crippen molar-refractivity contribution in [1.29, 1.82) is 0 Å². The second-order valence-corrected chi connectivity index (χ2v) is 5.31. The van der Waals surface area contributed by atoms with Gasteiger partial charge in [-0.05, 0) is 30.3 Å². The number of carbonyl (C=O) groups is 2. The number of fused-ring (bicyclic) bond motifs is 4. The van der Waals surface area contributed by atoms with Crippen LogP contribution in [0.2, 0.25) is 0 Å². The van der Waals surface area contributed by atoms with Gasteiger partial charge in [-0.15, -0.1) is 0 Å². The third-order valence-corrected chi connectivity index (χ3v) is 4.05. The molecule has 0 spiro atoms. The van der Waals surface area contributed by atoms with Gasteiger partial charge < -0.3 is 9.84 Å². The average molecular weight is 305 g/mol. The Balaban J connectivity index is 2.07. The molecule has 0 radical (unpaired) electrons. The Labute approximate surface area is 131 Å². The van der Waals surface area contributed by atoms with Gasteiger partial charge in [-0.25, -0.2) is 9.78 Å². The first-order valence-corrected chi connectivity index (χ1v) is 7.00. The predicted molar refractivity (Wildman–Crippen MR) is 84.1 cm³/mol. The lowest BCUT2D eigenvalue weighted by molar-refractivity contribution is 0.0698. The molecule has 1 heterocycles. The summed E-state index contributed by atoms with van der Waals surface area (Å²) in [4.78, 5) is 28.4. The van der Waals surface area contributed by atoms with E-state index in [-0.39, 0.29) is 11.3 Å². The van der Waals surface area contributed by atoms with E-state index in [4.69, 9.17) is 4.74 Å². The van der Waals surface area contributed by atoms with Crippen LogP contribution in [0, 0.1) is 0 Å². The first kappa shape index (κ1) is 13.5. The van der Waals surface area contributed by atoms with Crippen molar-refractivity contribution in [3.63, 3.8) is 0 Å². The van der Waals surface area contributed by atoms with Crippen molar-refractivity contribution in [1.82, 2.24) is 4.98 Å². The zero-order chi connectivity index (χ0) is 16.1. The zero-order valence-corrected chi connectivity index (χ0v) is 12.2. The van der Waals surface area contributed by atoms with E-state index in [1.165, 1.54) is 6.07 Å². The van der Waals surface area contributed by atoms with Crippen LogP contribution in [0.15, 0.2) is 42.5 Å². The van der Waals surface area contributed by atoms with Crippen molar-refractivity contribution in [3.8, 4) is 17.0 Å². The number of hydrogen-bond acceptors (Lipinski definition) is 4. The number of aromatic carboxylic acids is 1.